The minimum absolute atomic E-state index is 0.0876. The highest BCUT2D eigenvalue weighted by molar-refractivity contribution is 7.91. The van der Waals surface area contributed by atoms with E-state index >= 15 is 0 Å². The summed E-state index contributed by atoms with van der Waals surface area (Å²) in [6, 6.07) is 14.4. The average Bonchev–Trinajstić information content (AvgIpc) is 2.55. The van der Waals surface area contributed by atoms with Crippen molar-refractivity contribution >= 4 is 26.3 Å². The molecule has 24 heavy (non-hydrogen) atoms. The molecule has 3 aromatic carbocycles. The Balaban J connectivity index is 2.34. The van der Waals surface area contributed by atoms with Gasteiger partial charge in [-0.15, -0.1) is 0 Å². The van der Waals surface area contributed by atoms with Crippen LogP contribution in [0.4, 0.5) is 5.69 Å². The summed E-state index contributed by atoms with van der Waals surface area (Å²) in [4.78, 5) is 1.68. The van der Waals surface area contributed by atoms with Gasteiger partial charge >= 0.3 is 0 Å². The summed E-state index contributed by atoms with van der Waals surface area (Å²) >= 11 is 0. The van der Waals surface area contributed by atoms with Crippen LogP contribution in [0.1, 0.15) is 0 Å². The van der Waals surface area contributed by atoms with Gasteiger partial charge in [-0.3, -0.25) is 0 Å². The summed E-state index contributed by atoms with van der Waals surface area (Å²) in [5.41, 5.74) is 0.893. The minimum atomic E-state index is -3.99. The molecule has 0 bridgehead atoms. The number of nitrogens with zero attached hydrogens (tertiary/aromatic N) is 1. The molecule has 0 unspecified atom stereocenters. The molecule has 0 aliphatic carbocycles. The number of hydrogen-bond acceptors (Lipinski definition) is 5. The van der Waals surface area contributed by atoms with E-state index in [9.17, 15) is 18.6 Å². The highest BCUT2D eigenvalue weighted by atomic mass is 32.2. The molecule has 0 heterocycles. The van der Waals surface area contributed by atoms with Crippen LogP contribution in [0, 0.1) is 0 Å². The maximum Gasteiger partial charge on any atom is 0.211 e. The number of aromatic hydroxyl groups is 2. The zero-order chi connectivity index (χ0) is 17.5. The maximum absolute atomic E-state index is 13.0. The third-order valence-corrected chi connectivity index (χ3v) is 5.74. The fraction of sp³-hybridized carbons (Fsp3) is 0.111. The van der Waals surface area contributed by atoms with E-state index in [-0.39, 0.29) is 9.79 Å². The molecule has 6 heteroatoms. The number of phenolic OH excluding ortho intramolecular Hbond substituents is 2. The maximum atomic E-state index is 13.0. The van der Waals surface area contributed by atoms with Crippen LogP contribution in [0.25, 0.3) is 10.8 Å². The van der Waals surface area contributed by atoms with Crippen LogP contribution in [-0.4, -0.2) is 32.7 Å². The minimum Gasteiger partial charge on any atom is -0.504 e. The Morgan fingerprint density at radius 2 is 1.38 bits per heavy atom. The Morgan fingerprint density at radius 3 is 2.08 bits per heavy atom. The third-order valence-electron chi connectivity index (χ3n) is 3.90. The Kier molecular flexibility index (Phi) is 3.85. The van der Waals surface area contributed by atoms with Gasteiger partial charge in [0.25, 0.3) is 0 Å². The van der Waals surface area contributed by atoms with Crippen molar-refractivity contribution in [2.24, 2.45) is 0 Å². The third kappa shape index (κ3) is 2.45. The lowest BCUT2D eigenvalue weighted by Gasteiger charge is -2.17. The number of sulfone groups is 1. The quantitative estimate of drug-likeness (QED) is 0.714. The number of hydrogen-bond donors (Lipinski definition) is 2. The van der Waals surface area contributed by atoms with Gasteiger partial charge in [-0.05, 0) is 24.3 Å². The van der Waals surface area contributed by atoms with Gasteiger partial charge in [0.2, 0.25) is 9.84 Å². The van der Waals surface area contributed by atoms with Gasteiger partial charge in [-0.2, -0.15) is 0 Å². The van der Waals surface area contributed by atoms with Crippen LogP contribution in [0.15, 0.2) is 64.4 Å². The van der Waals surface area contributed by atoms with Crippen molar-refractivity contribution in [3.05, 3.63) is 54.6 Å². The monoisotopic (exact) mass is 343 g/mol. The number of benzene rings is 3. The number of para-hydroxylation sites is 1. The Hall–Kier alpha value is -2.73. The standard InChI is InChI=1S/C18H17NO4S/c1-19(2)14-8-3-7-13-12(14)6-4-10-16(13)24(22,23)17-11-5-9-15(20)18(17)21/h3-11,20-21H,1-2H3. The van der Waals surface area contributed by atoms with Gasteiger partial charge in [-0.1, -0.05) is 30.3 Å². The molecule has 0 saturated heterocycles. The molecule has 3 aromatic rings. The molecule has 0 fully saturated rings. The van der Waals surface area contributed by atoms with Crippen LogP contribution < -0.4 is 4.90 Å². The molecule has 3 rings (SSSR count). The molecule has 0 aliphatic heterocycles. The first kappa shape index (κ1) is 16.1. The average molecular weight is 343 g/mol. The molecular weight excluding hydrogens is 326 g/mol. The predicted octanol–water partition coefficient (Wildman–Crippen LogP) is 3.15. The van der Waals surface area contributed by atoms with Crippen molar-refractivity contribution in [2.45, 2.75) is 9.79 Å². The van der Waals surface area contributed by atoms with E-state index in [1.54, 1.807) is 18.2 Å². The molecule has 5 nitrogen and oxygen atoms in total. The van der Waals surface area contributed by atoms with Crippen LogP contribution in [0.5, 0.6) is 11.5 Å². The van der Waals surface area contributed by atoms with Crippen LogP contribution in [0.3, 0.4) is 0 Å². The van der Waals surface area contributed by atoms with Gasteiger partial charge in [0, 0.05) is 30.6 Å². The first-order chi connectivity index (χ1) is 11.3. The summed E-state index contributed by atoms with van der Waals surface area (Å²) < 4.78 is 26.0. The molecular formula is C18H17NO4S. The first-order valence-electron chi connectivity index (χ1n) is 7.29. The molecule has 0 spiro atoms. The van der Waals surface area contributed by atoms with Crippen molar-refractivity contribution in [1.82, 2.24) is 0 Å². The molecule has 0 radical (unpaired) electrons. The van der Waals surface area contributed by atoms with Crippen molar-refractivity contribution in [2.75, 3.05) is 19.0 Å². The fourth-order valence-corrected chi connectivity index (χ4v) is 4.31. The Bertz CT molecular complexity index is 1030. The van der Waals surface area contributed by atoms with Gasteiger partial charge in [0.05, 0.1) is 4.90 Å². The van der Waals surface area contributed by atoms with Crippen LogP contribution in [-0.2, 0) is 9.84 Å². The fourth-order valence-electron chi connectivity index (χ4n) is 2.73. The van der Waals surface area contributed by atoms with E-state index < -0.39 is 21.3 Å². The lowest BCUT2D eigenvalue weighted by molar-refractivity contribution is 0.393. The summed E-state index contributed by atoms with van der Waals surface area (Å²) in [5, 5.41) is 20.9. The van der Waals surface area contributed by atoms with E-state index in [2.05, 4.69) is 0 Å². The molecule has 2 N–H and O–H groups in total. The predicted molar refractivity (Wildman–Crippen MR) is 93.5 cm³/mol. The van der Waals surface area contributed by atoms with E-state index in [0.717, 1.165) is 11.1 Å². The molecule has 124 valence electrons. The second-order valence-electron chi connectivity index (χ2n) is 5.65. The lowest BCUT2D eigenvalue weighted by Crippen LogP contribution is -2.09. The SMILES string of the molecule is CN(C)c1cccc2c(S(=O)(=O)c3cccc(O)c3O)cccc12. The van der Waals surface area contributed by atoms with Gasteiger partial charge in [-0.25, -0.2) is 8.42 Å². The highest BCUT2D eigenvalue weighted by Gasteiger charge is 2.25. The molecule has 0 saturated carbocycles. The molecule has 0 aliphatic rings. The van der Waals surface area contributed by atoms with E-state index in [1.165, 1.54) is 24.3 Å². The zero-order valence-corrected chi connectivity index (χ0v) is 14.1. The van der Waals surface area contributed by atoms with Crippen molar-refractivity contribution in [3.63, 3.8) is 0 Å². The smallest absolute Gasteiger partial charge is 0.211 e. The number of fused-ring (bicyclic) bond motifs is 1. The Labute approximate surface area is 140 Å². The molecule has 0 aromatic heterocycles. The summed E-state index contributed by atoms with van der Waals surface area (Å²) in [7, 11) is -0.218. The summed E-state index contributed by atoms with van der Waals surface area (Å²) in [6.07, 6.45) is 0. The largest absolute Gasteiger partial charge is 0.504 e. The van der Waals surface area contributed by atoms with Gasteiger partial charge in [0.15, 0.2) is 11.5 Å². The van der Waals surface area contributed by atoms with Crippen LogP contribution >= 0.6 is 0 Å². The Morgan fingerprint density at radius 1 is 0.792 bits per heavy atom. The first-order valence-corrected chi connectivity index (χ1v) is 8.77. The van der Waals surface area contributed by atoms with E-state index in [0.29, 0.717) is 5.39 Å². The second kappa shape index (κ2) is 5.72. The van der Waals surface area contributed by atoms with Crippen molar-refractivity contribution in [1.29, 1.82) is 0 Å². The highest BCUT2D eigenvalue weighted by Crippen LogP contribution is 2.38. The molecule has 0 amide bonds. The number of phenols is 2. The van der Waals surface area contributed by atoms with Crippen LogP contribution in [0.2, 0.25) is 0 Å². The van der Waals surface area contributed by atoms with Crippen molar-refractivity contribution < 1.29 is 18.6 Å². The lowest BCUT2D eigenvalue weighted by atomic mass is 10.1. The number of anilines is 1. The van der Waals surface area contributed by atoms with Crippen molar-refractivity contribution in [3.8, 4) is 11.5 Å². The zero-order valence-electron chi connectivity index (χ0n) is 13.3. The summed E-state index contributed by atoms with van der Waals surface area (Å²) in [5.74, 6) is -1.11. The summed E-state index contributed by atoms with van der Waals surface area (Å²) in [6.45, 7) is 0. The van der Waals surface area contributed by atoms with Gasteiger partial charge in [0.1, 0.15) is 4.90 Å². The van der Waals surface area contributed by atoms with Gasteiger partial charge < -0.3 is 15.1 Å². The second-order valence-corrected chi connectivity index (χ2v) is 7.54. The van der Waals surface area contributed by atoms with E-state index in [4.69, 9.17) is 0 Å². The molecule has 0 atom stereocenters. The normalized spacial score (nSPS) is 11.6. The number of rotatable bonds is 3. The topological polar surface area (TPSA) is 77.8 Å². The van der Waals surface area contributed by atoms with E-state index in [1.807, 2.05) is 31.1 Å².